The summed E-state index contributed by atoms with van der Waals surface area (Å²) in [6.07, 6.45) is 0.455. The summed E-state index contributed by atoms with van der Waals surface area (Å²) in [6.45, 7) is 0.422. The first kappa shape index (κ1) is 22.9. The summed E-state index contributed by atoms with van der Waals surface area (Å²) in [4.78, 5) is 29.3. The Morgan fingerprint density at radius 1 is 1.18 bits per heavy atom. The Balaban J connectivity index is 1.65. The monoisotopic (exact) mass is 483 g/mol. The van der Waals surface area contributed by atoms with E-state index in [1.54, 1.807) is 47.6 Å². The van der Waals surface area contributed by atoms with Crippen LogP contribution in [0.15, 0.2) is 66.0 Å². The lowest BCUT2D eigenvalue weighted by Crippen LogP contribution is -2.50. The standard InChI is InChI=1S/C24H22FN3O3S2/c1-31-19-10-8-18(9-11-19)26-21(29)15-24(16-4-6-17(25)7-5-16)22(30)27-23(32)28(24)13-12-20-3-2-14-33-20/h2-11,14H,12-13,15H2,1H3,(H,26,29)(H,27,30,32). The van der Waals surface area contributed by atoms with Gasteiger partial charge in [-0.15, -0.1) is 11.3 Å². The third-order valence-electron chi connectivity index (χ3n) is 5.58. The summed E-state index contributed by atoms with van der Waals surface area (Å²) in [7, 11) is 1.56. The lowest BCUT2D eigenvalue weighted by atomic mass is 9.84. The second-order valence-corrected chi connectivity index (χ2v) is 8.98. The number of amides is 2. The number of hydrogen-bond acceptors (Lipinski definition) is 5. The number of carbonyl (C=O) groups is 2. The van der Waals surface area contributed by atoms with E-state index in [-0.39, 0.29) is 17.4 Å². The number of benzene rings is 2. The molecule has 0 bridgehead atoms. The van der Waals surface area contributed by atoms with Gasteiger partial charge in [-0.2, -0.15) is 0 Å². The van der Waals surface area contributed by atoms with Crippen molar-refractivity contribution in [3.8, 4) is 5.75 Å². The van der Waals surface area contributed by atoms with E-state index in [9.17, 15) is 14.0 Å². The molecule has 1 aliphatic rings. The SMILES string of the molecule is COc1ccc(NC(=O)CC2(c3ccc(F)cc3)C(=O)NC(=S)N2CCc2cccs2)cc1. The van der Waals surface area contributed by atoms with E-state index in [2.05, 4.69) is 10.6 Å². The highest BCUT2D eigenvalue weighted by atomic mass is 32.1. The molecule has 3 aromatic rings. The van der Waals surface area contributed by atoms with Crippen molar-refractivity contribution in [1.29, 1.82) is 0 Å². The van der Waals surface area contributed by atoms with Crippen LogP contribution in [0.1, 0.15) is 16.9 Å². The zero-order chi connectivity index (χ0) is 23.4. The van der Waals surface area contributed by atoms with Crippen molar-refractivity contribution >= 4 is 46.2 Å². The lowest BCUT2D eigenvalue weighted by Gasteiger charge is -2.36. The molecule has 1 aliphatic heterocycles. The van der Waals surface area contributed by atoms with E-state index >= 15 is 0 Å². The second-order valence-electron chi connectivity index (χ2n) is 7.56. The average Bonchev–Trinajstić information content (AvgIpc) is 3.40. The Labute approximate surface area is 200 Å². The smallest absolute Gasteiger partial charge is 0.257 e. The lowest BCUT2D eigenvalue weighted by molar-refractivity contribution is -0.131. The number of thiophene rings is 1. The first-order valence-electron chi connectivity index (χ1n) is 10.3. The predicted molar refractivity (Wildman–Crippen MR) is 130 cm³/mol. The molecule has 1 fully saturated rings. The van der Waals surface area contributed by atoms with E-state index in [0.29, 0.717) is 30.0 Å². The summed E-state index contributed by atoms with van der Waals surface area (Å²) >= 11 is 7.09. The van der Waals surface area contributed by atoms with Crippen LogP contribution in [0, 0.1) is 5.82 Å². The molecule has 1 unspecified atom stereocenters. The molecule has 2 amide bonds. The normalized spacial score (nSPS) is 17.7. The van der Waals surface area contributed by atoms with E-state index in [1.165, 1.54) is 24.3 Å². The van der Waals surface area contributed by atoms with Gasteiger partial charge in [0.25, 0.3) is 5.91 Å². The molecule has 1 saturated heterocycles. The van der Waals surface area contributed by atoms with Crippen LogP contribution >= 0.6 is 23.6 Å². The van der Waals surface area contributed by atoms with E-state index < -0.39 is 17.3 Å². The third kappa shape index (κ3) is 4.74. The van der Waals surface area contributed by atoms with Crippen molar-refractivity contribution in [2.45, 2.75) is 18.4 Å². The number of hydrogen-bond donors (Lipinski definition) is 2. The minimum absolute atomic E-state index is 0.193. The molecule has 1 atom stereocenters. The number of ether oxygens (including phenoxy) is 1. The molecule has 170 valence electrons. The molecular weight excluding hydrogens is 461 g/mol. The highest BCUT2D eigenvalue weighted by molar-refractivity contribution is 7.80. The van der Waals surface area contributed by atoms with Gasteiger partial charge < -0.3 is 20.3 Å². The van der Waals surface area contributed by atoms with Gasteiger partial charge in [-0.1, -0.05) is 18.2 Å². The Bertz CT molecular complexity index is 1150. The fourth-order valence-corrected chi connectivity index (χ4v) is 4.97. The molecule has 0 radical (unpaired) electrons. The largest absolute Gasteiger partial charge is 0.497 e. The Kier molecular flexibility index (Phi) is 6.71. The van der Waals surface area contributed by atoms with E-state index in [4.69, 9.17) is 17.0 Å². The van der Waals surface area contributed by atoms with Gasteiger partial charge in [-0.05, 0) is 72.0 Å². The number of nitrogens with zero attached hydrogens (tertiary/aromatic N) is 1. The zero-order valence-electron chi connectivity index (χ0n) is 17.8. The van der Waals surface area contributed by atoms with Gasteiger partial charge in [0.2, 0.25) is 5.91 Å². The van der Waals surface area contributed by atoms with Crippen molar-refractivity contribution in [1.82, 2.24) is 10.2 Å². The minimum Gasteiger partial charge on any atom is -0.497 e. The molecule has 2 N–H and O–H groups in total. The van der Waals surface area contributed by atoms with Gasteiger partial charge in [0.15, 0.2) is 10.7 Å². The predicted octanol–water partition coefficient (Wildman–Crippen LogP) is 4.08. The molecule has 0 spiro atoms. The van der Waals surface area contributed by atoms with Crippen molar-refractivity contribution in [2.75, 3.05) is 19.0 Å². The van der Waals surface area contributed by atoms with Crippen LogP contribution in [0.25, 0.3) is 0 Å². The van der Waals surface area contributed by atoms with Crippen molar-refractivity contribution < 1.29 is 18.7 Å². The molecule has 2 heterocycles. The highest BCUT2D eigenvalue weighted by Gasteiger charge is 2.53. The number of carbonyl (C=O) groups excluding carboxylic acids is 2. The molecule has 1 aromatic heterocycles. The van der Waals surface area contributed by atoms with Gasteiger partial charge in [-0.25, -0.2) is 4.39 Å². The maximum atomic E-state index is 13.7. The third-order valence-corrected chi connectivity index (χ3v) is 6.83. The zero-order valence-corrected chi connectivity index (χ0v) is 19.5. The van der Waals surface area contributed by atoms with Crippen molar-refractivity contribution in [2.24, 2.45) is 0 Å². The highest BCUT2D eigenvalue weighted by Crippen LogP contribution is 2.37. The van der Waals surface area contributed by atoms with E-state index in [0.717, 1.165) is 4.88 Å². The van der Waals surface area contributed by atoms with Gasteiger partial charge in [0.05, 0.1) is 13.5 Å². The minimum atomic E-state index is -1.39. The maximum absolute atomic E-state index is 13.7. The molecule has 4 rings (SSSR count). The van der Waals surface area contributed by atoms with Gasteiger partial charge in [0.1, 0.15) is 11.6 Å². The van der Waals surface area contributed by atoms with E-state index in [1.807, 2.05) is 17.5 Å². The number of thiocarbonyl (C=S) groups is 1. The fraction of sp³-hybridized carbons (Fsp3) is 0.208. The topological polar surface area (TPSA) is 70.7 Å². The van der Waals surface area contributed by atoms with Crippen LogP contribution in [-0.2, 0) is 21.5 Å². The molecule has 0 aliphatic carbocycles. The van der Waals surface area contributed by atoms with Crippen LogP contribution < -0.4 is 15.4 Å². The number of methoxy groups -OCH3 is 1. The van der Waals surface area contributed by atoms with Crippen LogP contribution in [0.5, 0.6) is 5.75 Å². The van der Waals surface area contributed by atoms with Gasteiger partial charge in [0, 0.05) is 17.1 Å². The van der Waals surface area contributed by atoms with Crippen LogP contribution in [0.3, 0.4) is 0 Å². The first-order valence-corrected chi connectivity index (χ1v) is 11.6. The van der Waals surface area contributed by atoms with Gasteiger partial charge >= 0.3 is 0 Å². The molecule has 9 heteroatoms. The summed E-state index contributed by atoms with van der Waals surface area (Å²) in [5.41, 5.74) is -0.322. The number of nitrogens with one attached hydrogen (secondary N) is 2. The summed E-state index contributed by atoms with van der Waals surface area (Å²) < 4.78 is 18.8. The maximum Gasteiger partial charge on any atom is 0.257 e. The molecular formula is C24H22FN3O3S2. The van der Waals surface area contributed by atoms with Crippen LogP contribution in [-0.4, -0.2) is 35.5 Å². The quantitative estimate of drug-likeness (QED) is 0.473. The summed E-state index contributed by atoms with van der Waals surface area (Å²) in [5.74, 6) is -0.542. The Hall–Kier alpha value is -3.30. The Morgan fingerprint density at radius 3 is 2.55 bits per heavy atom. The Morgan fingerprint density at radius 2 is 1.91 bits per heavy atom. The second kappa shape index (κ2) is 9.68. The number of anilines is 1. The van der Waals surface area contributed by atoms with Crippen LogP contribution in [0.2, 0.25) is 0 Å². The molecule has 6 nitrogen and oxygen atoms in total. The fourth-order valence-electron chi connectivity index (χ4n) is 3.94. The molecule has 0 saturated carbocycles. The van der Waals surface area contributed by atoms with Crippen molar-refractivity contribution in [3.05, 3.63) is 82.3 Å². The summed E-state index contributed by atoms with van der Waals surface area (Å²) in [5, 5.41) is 7.78. The van der Waals surface area contributed by atoms with Crippen molar-refractivity contribution in [3.63, 3.8) is 0 Å². The number of rotatable bonds is 8. The average molecular weight is 484 g/mol. The van der Waals surface area contributed by atoms with Gasteiger partial charge in [-0.3, -0.25) is 9.59 Å². The first-order chi connectivity index (χ1) is 15.9. The number of halogens is 1. The summed E-state index contributed by atoms with van der Waals surface area (Å²) in [6, 6.07) is 16.5. The van der Waals surface area contributed by atoms with Crippen LogP contribution in [0.4, 0.5) is 10.1 Å². The molecule has 2 aromatic carbocycles. The molecule has 33 heavy (non-hydrogen) atoms.